The van der Waals surface area contributed by atoms with E-state index in [4.69, 9.17) is 0 Å². The fraction of sp³-hybridized carbons (Fsp3) is 0.263. The molecule has 10 heteroatoms. The van der Waals surface area contributed by atoms with Crippen LogP contribution in [0.3, 0.4) is 0 Å². The van der Waals surface area contributed by atoms with Crippen molar-refractivity contribution in [3.8, 4) is 11.4 Å². The summed E-state index contributed by atoms with van der Waals surface area (Å²) in [5.74, 6) is -9.49. The average Bonchev–Trinajstić information content (AvgIpc) is 3.00. The van der Waals surface area contributed by atoms with Crippen LogP contribution >= 0.6 is 0 Å². The lowest BCUT2D eigenvalue weighted by atomic mass is 10.2. The molecule has 4 nitrogen and oxygen atoms in total. The van der Waals surface area contributed by atoms with Crippen LogP contribution in [0.5, 0.6) is 0 Å². The maximum atomic E-state index is 14.7. The number of hydrogen-bond donors (Lipinski definition) is 0. The van der Waals surface area contributed by atoms with Crippen LogP contribution in [0.4, 0.5) is 22.0 Å². The second-order valence-corrected chi connectivity index (χ2v) is 8.04. The van der Waals surface area contributed by atoms with E-state index in [0.717, 1.165) is 4.68 Å². The maximum Gasteiger partial charge on any atom is 0.325 e. The standard InChI is InChI=1S/C19H15F5N3OS/c1-2-5-12-25-13-8-9-29(28)11-7-4-3-6-10(11)26(13)27(12)19-17(23)15(21)14(20)16(22)18(19)24/h3-4,6-7H,2,5,8-9H2,1H3/q+1. The van der Waals surface area contributed by atoms with Gasteiger partial charge in [-0.15, -0.1) is 9.36 Å². The Bertz CT molecular complexity index is 1130. The van der Waals surface area contributed by atoms with Gasteiger partial charge in [0.25, 0.3) is 5.82 Å². The third-order valence-electron chi connectivity index (χ3n) is 4.67. The molecule has 1 unspecified atom stereocenters. The van der Waals surface area contributed by atoms with Gasteiger partial charge < -0.3 is 0 Å². The Morgan fingerprint density at radius 1 is 1.03 bits per heavy atom. The van der Waals surface area contributed by atoms with Crippen molar-refractivity contribution in [3.63, 3.8) is 0 Å². The zero-order valence-electron chi connectivity index (χ0n) is 15.2. The van der Waals surface area contributed by atoms with Crippen molar-refractivity contribution < 1.29 is 30.8 Å². The largest absolute Gasteiger partial charge is 0.325 e. The van der Waals surface area contributed by atoms with E-state index in [1.807, 2.05) is 0 Å². The Hall–Kier alpha value is -2.62. The molecule has 0 amide bonds. The summed E-state index contributed by atoms with van der Waals surface area (Å²) >= 11 is 0. The molecule has 0 fully saturated rings. The van der Waals surface area contributed by atoms with Gasteiger partial charge in [0, 0.05) is 12.2 Å². The summed E-state index contributed by atoms with van der Waals surface area (Å²) in [7, 11) is -1.41. The molecule has 1 aliphatic rings. The number of aryl methyl sites for hydroxylation is 2. The number of benzene rings is 2. The lowest BCUT2D eigenvalue weighted by molar-refractivity contribution is -0.687. The molecule has 2 aromatic carbocycles. The molecule has 0 N–H and O–H groups in total. The van der Waals surface area contributed by atoms with Crippen molar-refractivity contribution in [1.29, 1.82) is 0 Å². The average molecular weight is 428 g/mol. The summed E-state index contributed by atoms with van der Waals surface area (Å²) in [6.07, 6.45) is 0.977. The Kier molecular flexibility index (Phi) is 4.97. The predicted molar refractivity (Wildman–Crippen MR) is 93.9 cm³/mol. The minimum Gasteiger partial charge on any atom is -0.254 e. The molecule has 1 atom stereocenters. The Morgan fingerprint density at radius 3 is 2.31 bits per heavy atom. The molecule has 4 rings (SSSR count). The van der Waals surface area contributed by atoms with E-state index in [9.17, 15) is 26.2 Å². The normalized spacial score (nSPS) is 15.7. The van der Waals surface area contributed by atoms with Crippen LogP contribution in [0.25, 0.3) is 11.4 Å². The highest BCUT2D eigenvalue weighted by atomic mass is 32.2. The smallest absolute Gasteiger partial charge is 0.254 e. The molecule has 1 aliphatic heterocycles. The molecule has 0 radical (unpaired) electrons. The first kappa shape index (κ1) is 19.7. The minimum absolute atomic E-state index is 0.146. The van der Waals surface area contributed by atoms with Gasteiger partial charge in [-0.3, -0.25) is 4.21 Å². The number of fused-ring (bicyclic) bond motifs is 3. The first-order valence-corrected chi connectivity index (χ1v) is 10.2. The number of para-hydroxylation sites is 1. The molecule has 0 saturated heterocycles. The SMILES string of the molecule is CCCc1nc2n([n+]1-c1c(F)c(F)c(F)c(F)c1F)-c1ccccc1S(=O)CC2. The van der Waals surface area contributed by atoms with Gasteiger partial charge >= 0.3 is 5.82 Å². The van der Waals surface area contributed by atoms with E-state index in [1.54, 1.807) is 31.2 Å². The highest BCUT2D eigenvalue weighted by molar-refractivity contribution is 7.85. The Morgan fingerprint density at radius 2 is 1.66 bits per heavy atom. The van der Waals surface area contributed by atoms with E-state index >= 15 is 0 Å². The Labute approximate surface area is 165 Å². The number of rotatable bonds is 3. The third-order valence-corrected chi connectivity index (χ3v) is 6.08. The summed E-state index contributed by atoms with van der Waals surface area (Å²) in [6, 6.07) is 6.47. The molecule has 2 heterocycles. The highest BCUT2D eigenvalue weighted by Crippen LogP contribution is 2.27. The zero-order valence-corrected chi connectivity index (χ0v) is 16.0. The summed E-state index contributed by atoms with van der Waals surface area (Å²) in [5, 5.41) is 0. The molecular formula is C19H15F5N3OS+. The molecule has 3 aromatic rings. The summed E-state index contributed by atoms with van der Waals surface area (Å²) in [5.41, 5.74) is -0.789. The van der Waals surface area contributed by atoms with Gasteiger partial charge in [0.15, 0.2) is 0 Å². The fourth-order valence-corrected chi connectivity index (χ4v) is 4.60. The van der Waals surface area contributed by atoms with E-state index in [2.05, 4.69) is 4.98 Å². The lowest BCUT2D eigenvalue weighted by Crippen LogP contribution is -2.46. The van der Waals surface area contributed by atoms with Crippen LogP contribution in [0, 0.1) is 29.1 Å². The van der Waals surface area contributed by atoms with Gasteiger partial charge in [0.05, 0.1) is 22.1 Å². The summed E-state index contributed by atoms with van der Waals surface area (Å²) < 4.78 is 85.5. The third kappa shape index (κ3) is 2.97. The predicted octanol–water partition coefficient (Wildman–Crippen LogP) is 3.46. The lowest BCUT2D eigenvalue weighted by Gasteiger charge is -2.12. The van der Waals surface area contributed by atoms with Crippen molar-refractivity contribution in [2.75, 3.05) is 5.75 Å². The molecule has 0 saturated carbocycles. The van der Waals surface area contributed by atoms with E-state index in [1.165, 1.54) is 4.68 Å². The number of nitrogens with zero attached hydrogens (tertiary/aromatic N) is 3. The van der Waals surface area contributed by atoms with Gasteiger partial charge in [-0.1, -0.05) is 19.1 Å². The molecule has 1 aromatic heterocycles. The first-order valence-electron chi connectivity index (χ1n) is 8.89. The highest BCUT2D eigenvalue weighted by Gasteiger charge is 2.38. The Balaban J connectivity index is 2.14. The number of halogens is 5. The maximum absolute atomic E-state index is 14.7. The van der Waals surface area contributed by atoms with Crippen LogP contribution in [0.1, 0.15) is 25.0 Å². The number of aromatic nitrogens is 3. The van der Waals surface area contributed by atoms with Crippen LogP contribution < -0.4 is 4.68 Å². The molecule has 0 aliphatic carbocycles. The second-order valence-electron chi connectivity index (χ2n) is 6.50. The van der Waals surface area contributed by atoms with E-state index < -0.39 is 45.6 Å². The first-order chi connectivity index (χ1) is 13.9. The quantitative estimate of drug-likeness (QED) is 0.277. The topological polar surface area (TPSA) is 38.8 Å². The minimum atomic E-state index is -2.22. The van der Waals surface area contributed by atoms with Crippen LogP contribution in [-0.4, -0.2) is 19.6 Å². The van der Waals surface area contributed by atoms with Crippen molar-refractivity contribution in [1.82, 2.24) is 9.67 Å². The van der Waals surface area contributed by atoms with Gasteiger partial charge in [-0.25, -0.2) is 13.2 Å². The molecule has 0 bridgehead atoms. The molecule has 0 spiro atoms. The zero-order chi connectivity index (χ0) is 20.9. The second kappa shape index (κ2) is 7.33. The van der Waals surface area contributed by atoms with Crippen molar-refractivity contribution in [2.24, 2.45) is 0 Å². The molecule has 152 valence electrons. The molecular weight excluding hydrogens is 413 g/mol. The molecule has 29 heavy (non-hydrogen) atoms. The van der Waals surface area contributed by atoms with Gasteiger partial charge in [0.1, 0.15) is 5.69 Å². The number of hydrogen-bond acceptors (Lipinski definition) is 2. The van der Waals surface area contributed by atoms with Crippen LogP contribution in [0.15, 0.2) is 29.2 Å². The summed E-state index contributed by atoms with van der Waals surface area (Å²) in [4.78, 5) is 4.79. The van der Waals surface area contributed by atoms with Gasteiger partial charge in [0.2, 0.25) is 34.8 Å². The van der Waals surface area contributed by atoms with Crippen molar-refractivity contribution in [2.45, 2.75) is 31.1 Å². The van der Waals surface area contributed by atoms with Gasteiger partial charge in [-0.2, -0.15) is 8.78 Å². The van der Waals surface area contributed by atoms with Gasteiger partial charge in [-0.05, 0) is 23.5 Å². The van der Waals surface area contributed by atoms with Crippen LogP contribution in [-0.2, 0) is 23.6 Å². The fourth-order valence-electron chi connectivity index (χ4n) is 3.40. The summed E-state index contributed by atoms with van der Waals surface area (Å²) in [6.45, 7) is 1.80. The van der Waals surface area contributed by atoms with E-state index in [0.29, 0.717) is 22.8 Å². The van der Waals surface area contributed by atoms with Crippen LogP contribution in [0.2, 0.25) is 0 Å². The van der Waals surface area contributed by atoms with E-state index in [-0.39, 0.29) is 24.4 Å². The van der Waals surface area contributed by atoms with Crippen molar-refractivity contribution >= 4 is 10.8 Å². The van der Waals surface area contributed by atoms with Crippen molar-refractivity contribution in [3.05, 3.63) is 65.0 Å². The monoisotopic (exact) mass is 428 g/mol.